The van der Waals surface area contributed by atoms with Gasteiger partial charge in [-0.1, -0.05) is 29.8 Å². The molecule has 5 heteroatoms. The Kier molecular flexibility index (Phi) is 4.10. The first-order valence-electron chi connectivity index (χ1n) is 6.05. The SMILES string of the molecule is Cc1ccc(OC(=O)Cc2ccc([N+](=O)[O-])cc2)cc1. The first kappa shape index (κ1) is 13.7. The summed E-state index contributed by atoms with van der Waals surface area (Å²) in [6, 6.07) is 13.0. The van der Waals surface area contributed by atoms with Crippen LogP contribution < -0.4 is 4.74 Å². The number of rotatable bonds is 4. The second-order valence-corrected chi connectivity index (χ2v) is 4.39. The van der Waals surface area contributed by atoms with E-state index in [2.05, 4.69) is 0 Å². The van der Waals surface area contributed by atoms with Crippen molar-refractivity contribution < 1.29 is 14.5 Å². The average Bonchev–Trinajstić information content (AvgIpc) is 2.42. The molecular formula is C15H13NO4. The van der Waals surface area contributed by atoms with Crippen molar-refractivity contribution in [2.45, 2.75) is 13.3 Å². The van der Waals surface area contributed by atoms with Gasteiger partial charge in [-0.15, -0.1) is 0 Å². The second-order valence-electron chi connectivity index (χ2n) is 4.39. The number of benzene rings is 2. The zero-order valence-corrected chi connectivity index (χ0v) is 10.9. The number of nitro groups is 1. The molecule has 0 saturated heterocycles. The van der Waals surface area contributed by atoms with Crippen molar-refractivity contribution in [3.05, 3.63) is 69.8 Å². The predicted molar refractivity (Wildman–Crippen MR) is 73.6 cm³/mol. The van der Waals surface area contributed by atoms with E-state index in [1.807, 2.05) is 19.1 Å². The molecule has 5 nitrogen and oxygen atoms in total. The molecule has 0 aliphatic heterocycles. The summed E-state index contributed by atoms with van der Waals surface area (Å²) >= 11 is 0. The largest absolute Gasteiger partial charge is 0.426 e. The van der Waals surface area contributed by atoms with E-state index < -0.39 is 10.9 Å². The van der Waals surface area contributed by atoms with Crippen molar-refractivity contribution in [2.24, 2.45) is 0 Å². The zero-order valence-electron chi connectivity index (χ0n) is 10.9. The molecule has 0 fully saturated rings. The molecular weight excluding hydrogens is 258 g/mol. The zero-order chi connectivity index (χ0) is 14.5. The molecule has 0 atom stereocenters. The highest BCUT2D eigenvalue weighted by molar-refractivity contribution is 5.75. The summed E-state index contributed by atoms with van der Waals surface area (Å²) in [5.41, 5.74) is 1.76. The Hall–Kier alpha value is -2.69. The molecule has 0 spiro atoms. The Morgan fingerprint density at radius 2 is 1.70 bits per heavy atom. The van der Waals surface area contributed by atoms with E-state index in [0.29, 0.717) is 11.3 Å². The summed E-state index contributed by atoms with van der Waals surface area (Å²) in [5, 5.41) is 10.5. The highest BCUT2D eigenvalue weighted by atomic mass is 16.6. The van der Waals surface area contributed by atoms with E-state index in [4.69, 9.17) is 4.74 Å². The van der Waals surface area contributed by atoms with Crippen LogP contribution >= 0.6 is 0 Å². The topological polar surface area (TPSA) is 69.4 Å². The Morgan fingerprint density at radius 1 is 1.10 bits per heavy atom. The van der Waals surface area contributed by atoms with Crippen molar-refractivity contribution in [2.75, 3.05) is 0 Å². The van der Waals surface area contributed by atoms with Gasteiger partial charge in [0.25, 0.3) is 5.69 Å². The summed E-state index contributed by atoms with van der Waals surface area (Å²) in [7, 11) is 0. The number of carbonyl (C=O) groups is 1. The minimum absolute atomic E-state index is 0.000604. The molecule has 2 aromatic rings. The van der Waals surface area contributed by atoms with Crippen molar-refractivity contribution in [3.63, 3.8) is 0 Å². The third kappa shape index (κ3) is 3.65. The molecule has 0 aliphatic carbocycles. The van der Waals surface area contributed by atoms with Gasteiger partial charge in [0.1, 0.15) is 5.75 Å². The molecule has 0 bridgehead atoms. The minimum atomic E-state index is -0.478. The van der Waals surface area contributed by atoms with Gasteiger partial charge in [0.15, 0.2) is 0 Å². The fourth-order valence-corrected chi connectivity index (χ4v) is 1.68. The summed E-state index contributed by atoms with van der Waals surface area (Å²) in [4.78, 5) is 21.8. The maximum absolute atomic E-state index is 11.7. The van der Waals surface area contributed by atoms with Gasteiger partial charge in [-0.05, 0) is 24.6 Å². The average molecular weight is 271 g/mol. The van der Waals surface area contributed by atoms with E-state index in [1.54, 1.807) is 24.3 Å². The first-order valence-corrected chi connectivity index (χ1v) is 6.05. The Labute approximate surface area is 116 Å². The van der Waals surface area contributed by atoms with Crippen LogP contribution in [0.2, 0.25) is 0 Å². The molecule has 0 N–H and O–H groups in total. The predicted octanol–water partition coefficient (Wildman–Crippen LogP) is 3.05. The third-order valence-electron chi connectivity index (χ3n) is 2.75. The summed E-state index contributed by atoms with van der Waals surface area (Å²) in [6.45, 7) is 1.95. The van der Waals surface area contributed by atoms with Gasteiger partial charge in [0.05, 0.1) is 11.3 Å². The van der Waals surface area contributed by atoms with Gasteiger partial charge in [0, 0.05) is 12.1 Å². The molecule has 20 heavy (non-hydrogen) atoms. The monoisotopic (exact) mass is 271 g/mol. The van der Waals surface area contributed by atoms with Gasteiger partial charge in [-0.25, -0.2) is 0 Å². The number of esters is 1. The van der Waals surface area contributed by atoms with E-state index in [0.717, 1.165) is 5.56 Å². The molecule has 102 valence electrons. The highest BCUT2D eigenvalue weighted by Gasteiger charge is 2.09. The van der Waals surface area contributed by atoms with Gasteiger partial charge in [-0.3, -0.25) is 14.9 Å². The van der Waals surface area contributed by atoms with Crippen LogP contribution in [0.15, 0.2) is 48.5 Å². The van der Waals surface area contributed by atoms with Crippen LogP contribution in [-0.4, -0.2) is 10.9 Å². The lowest BCUT2D eigenvalue weighted by Crippen LogP contribution is -2.11. The van der Waals surface area contributed by atoms with Crippen LogP contribution in [0.1, 0.15) is 11.1 Å². The van der Waals surface area contributed by atoms with Gasteiger partial charge < -0.3 is 4.74 Å². The lowest BCUT2D eigenvalue weighted by Gasteiger charge is -2.04. The number of ether oxygens (including phenoxy) is 1. The normalized spacial score (nSPS) is 10.1. The standard InChI is InChI=1S/C15H13NO4/c1-11-2-8-14(9-3-11)20-15(17)10-12-4-6-13(7-5-12)16(18)19/h2-9H,10H2,1H3. The van der Waals surface area contributed by atoms with Crippen molar-refractivity contribution >= 4 is 11.7 Å². The maximum atomic E-state index is 11.7. The summed E-state index contributed by atoms with van der Waals surface area (Å²) in [5.74, 6) is 0.0882. The first-order chi connectivity index (χ1) is 9.54. The molecule has 2 rings (SSSR count). The molecule has 2 aromatic carbocycles. The van der Waals surface area contributed by atoms with Gasteiger partial charge in [-0.2, -0.15) is 0 Å². The van der Waals surface area contributed by atoms with Crippen LogP contribution in [0.3, 0.4) is 0 Å². The van der Waals surface area contributed by atoms with Crippen LogP contribution in [0.4, 0.5) is 5.69 Å². The van der Waals surface area contributed by atoms with Crippen molar-refractivity contribution in [3.8, 4) is 5.75 Å². The summed E-state index contributed by atoms with van der Waals surface area (Å²) in [6.07, 6.45) is 0.0753. The molecule has 0 radical (unpaired) electrons. The fraction of sp³-hybridized carbons (Fsp3) is 0.133. The van der Waals surface area contributed by atoms with Crippen LogP contribution in [0.25, 0.3) is 0 Å². The molecule has 0 aliphatic rings. The van der Waals surface area contributed by atoms with Crippen molar-refractivity contribution in [1.82, 2.24) is 0 Å². The Balaban J connectivity index is 1.97. The van der Waals surface area contributed by atoms with E-state index in [1.165, 1.54) is 12.1 Å². The van der Waals surface area contributed by atoms with Crippen molar-refractivity contribution in [1.29, 1.82) is 0 Å². The van der Waals surface area contributed by atoms with E-state index >= 15 is 0 Å². The number of nitro benzene ring substituents is 1. The molecule has 0 heterocycles. The maximum Gasteiger partial charge on any atom is 0.315 e. The van der Waals surface area contributed by atoms with Crippen LogP contribution in [0, 0.1) is 17.0 Å². The fourth-order valence-electron chi connectivity index (χ4n) is 1.68. The number of carbonyl (C=O) groups excluding carboxylic acids is 1. The number of aryl methyl sites for hydroxylation is 1. The van der Waals surface area contributed by atoms with Crippen LogP contribution in [0.5, 0.6) is 5.75 Å². The van der Waals surface area contributed by atoms with E-state index in [-0.39, 0.29) is 12.1 Å². The molecule has 0 unspecified atom stereocenters. The lowest BCUT2D eigenvalue weighted by atomic mass is 10.1. The Morgan fingerprint density at radius 3 is 2.25 bits per heavy atom. The number of non-ortho nitro benzene ring substituents is 1. The highest BCUT2D eigenvalue weighted by Crippen LogP contribution is 2.15. The van der Waals surface area contributed by atoms with Gasteiger partial charge >= 0.3 is 5.97 Å². The second kappa shape index (κ2) is 5.97. The lowest BCUT2D eigenvalue weighted by molar-refractivity contribution is -0.384. The number of hydrogen-bond donors (Lipinski definition) is 0. The summed E-state index contributed by atoms with van der Waals surface area (Å²) < 4.78 is 5.18. The molecule has 0 amide bonds. The van der Waals surface area contributed by atoms with Gasteiger partial charge in [0.2, 0.25) is 0 Å². The minimum Gasteiger partial charge on any atom is -0.426 e. The number of hydrogen-bond acceptors (Lipinski definition) is 4. The van der Waals surface area contributed by atoms with Crippen LogP contribution in [-0.2, 0) is 11.2 Å². The number of nitrogens with zero attached hydrogens (tertiary/aromatic N) is 1. The Bertz CT molecular complexity index is 617. The quantitative estimate of drug-likeness (QED) is 0.371. The third-order valence-corrected chi connectivity index (χ3v) is 2.75. The molecule has 0 saturated carbocycles. The van der Waals surface area contributed by atoms with E-state index in [9.17, 15) is 14.9 Å². The molecule has 0 aromatic heterocycles. The smallest absolute Gasteiger partial charge is 0.315 e.